The zero-order valence-electron chi connectivity index (χ0n) is 8.70. The number of carbonyl (C=O) groups is 1. The van der Waals surface area contributed by atoms with Gasteiger partial charge in [0.15, 0.2) is 0 Å². The first-order valence-corrected chi connectivity index (χ1v) is 4.46. The third kappa shape index (κ3) is 4.85. The second-order valence-electron chi connectivity index (χ2n) is 3.57. The summed E-state index contributed by atoms with van der Waals surface area (Å²) in [6.45, 7) is 6.17. The molecule has 78 valence electrons. The molecule has 0 aliphatic rings. The minimum Gasteiger partial charge on any atom is -0.480 e. The van der Waals surface area contributed by atoms with Gasteiger partial charge >= 0.3 is 5.97 Å². The van der Waals surface area contributed by atoms with E-state index in [4.69, 9.17) is 9.84 Å². The van der Waals surface area contributed by atoms with Crippen molar-refractivity contribution in [1.82, 2.24) is 5.32 Å². The SMILES string of the molecule is COCC(C)C(NC(C)C)C(=O)O. The standard InChI is InChI=1S/C9H19NO3/c1-6(2)10-8(9(11)12)7(3)5-13-4/h6-8,10H,5H2,1-4H3,(H,11,12). The van der Waals surface area contributed by atoms with E-state index in [1.54, 1.807) is 7.11 Å². The maximum atomic E-state index is 10.8. The average molecular weight is 189 g/mol. The molecule has 0 amide bonds. The molecular formula is C9H19NO3. The quantitative estimate of drug-likeness (QED) is 0.646. The van der Waals surface area contributed by atoms with Crippen molar-refractivity contribution in [2.75, 3.05) is 13.7 Å². The maximum Gasteiger partial charge on any atom is 0.321 e. The number of carboxylic acid groups (broad SMARTS) is 1. The lowest BCUT2D eigenvalue weighted by Crippen LogP contribution is -2.46. The predicted octanol–water partition coefficient (Wildman–Crippen LogP) is 0.720. The zero-order valence-corrected chi connectivity index (χ0v) is 8.70. The third-order valence-corrected chi connectivity index (χ3v) is 1.78. The molecule has 0 radical (unpaired) electrons. The van der Waals surface area contributed by atoms with Crippen LogP contribution >= 0.6 is 0 Å². The van der Waals surface area contributed by atoms with Crippen LogP contribution in [0.3, 0.4) is 0 Å². The van der Waals surface area contributed by atoms with Crippen LogP contribution in [-0.2, 0) is 9.53 Å². The number of methoxy groups -OCH3 is 1. The summed E-state index contributed by atoms with van der Waals surface area (Å²) in [7, 11) is 1.57. The third-order valence-electron chi connectivity index (χ3n) is 1.78. The summed E-state index contributed by atoms with van der Waals surface area (Å²) in [5, 5.41) is 11.9. The van der Waals surface area contributed by atoms with Gasteiger partial charge in [-0.05, 0) is 0 Å². The monoisotopic (exact) mass is 189 g/mol. The lowest BCUT2D eigenvalue weighted by molar-refractivity contribution is -0.141. The topological polar surface area (TPSA) is 58.6 Å². The van der Waals surface area contributed by atoms with Crippen LogP contribution in [0.2, 0.25) is 0 Å². The largest absolute Gasteiger partial charge is 0.480 e. The second-order valence-corrected chi connectivity index (χ2v) is 3.57. The Morgan fingerprint density at radius 3 is 2.31 bits per heavy atom. The molecule has 0 aromatic rings. The smallest absolute Gasteiger partial charge is 0.321 e. The van der Waals surface area contributed by atoms with Crippen molar-refractivity contribution in [2.24, 2.45) is 5.92 Å². The lowest BCUT2D eigenvalue weighted by Gasteiger charge is -2.22. The summed E-state index contributed by atoms with van der Waals surface area (Å²) in [6.07, 6.45) is 0. The van der Waals surface area contributed by atoms with Gasteiger partial charge in [0.25, 0.3) is 0 Å². The van der Waals surface area contributed by atoms with E-state index in [9.17, 15) is 4.79 Å². The van der Waals surface area contributed by atoms with Crippen molar-refractivity contribution in [3.05, 3.63) is 0 Å². The molecule has 0 saturated heterocycles. The van der Waals surface area contributed by atoms with Crippen molar-refractivity contribution in [3.63, 3.8) is 0 Å². The van der Waals surface area contributed by atoms with Gasteiger partial charge in [-0.1, -0.05) is 20.8 Å². The molecule has 0 aromatic heterocycles. The highest BCUT2D eigenvalue weighted by Gasteiger charge is 2.24. The Kier molecular flexibility index (Phi) is 5.66. The highest BCUT2D eigenvalue weighted by Crippen LogP contribution is 2.04. The molecule has 0 bridgehead atoms. The molecule has 13 heavy (non-hydrogen) atoms. The first-order chi connectivity index (χ1) is 5.99. The van der Waals surface area contributed by atoms with Gasteiger partial charge in [-0.25, -0.2) is 0 Å². The Balaban J connectivity index is 4.15. The van der Waals surface area contributed by atoms with E-state index >= 15 is 0 Å². The Morgan fingerprint density at radius 1 is 1.46 bits per heavy atom. The van der Waals surface area contributed by atoms with Crippen LogP contribution in [0.25, 0.3) is 0 Å². The van der Waals surface area contributed by atoms with E-state index < -0.39 is 12.0 Å². The van der Waals surface area contributed by atoms with E-state index in [0.717, 1.165) is 0 Å². The van der Waals surface area contributed by atoms with E-state index in [0.29, 0.717) is 6.61 Å². The second kappa shape index (κ2) is 5.94. The Labute approximate surface area is 79.3 Å². The van der Waals surface area contributed by atoms with Crippen LogP contribution < -0.4 is 5.32 Å². The van der Waals surface area contributed by atoms with Gasteiger partial charge in [0, 0.05) is 19.1 Å². The molecule has 4 nitrogen and oxygen atoms in total. The maximum absolute atomic E-state index is 10.8. The zero-order chi connectivity index (χ0) is 10.4. The van der Waals surface area contributed by atoms with Gasteiger partial charge in [-0.15, -0.1) is 0 Å². The van der Waals surface area contributed by atoms with Gasteiger partial charge in [0.1, 0.15) is 6.04 Å². The van der Waals surface area contributed by atoms with Gasteiger partial charge < -0.3 is 15.2 Å². The van der Waals surface area contributed by atoms with Crippen LogP contribution in [0.4, 0.5) is 0 Å². The number of hydrogen-bond acceptors (Lipinski definition) is 3. The molecule has 0 spiro atoms. The van der Waals surface area contributed by atoms with Crippen molar-refractivity contribution in [3.8, 4) is 0 Å². The molecule has 2 N–H and O–H groups in total. The summed E-state index contributed by atoms with van der Waals surface area (Å²) in [5.41, 5.74) is 0. The number of nitrogens with one attached hydrogen (secondary N) is 1. The molecule has 4 heteroatoms. The molecule has 0 fully saturated rings. The predicted molar refractivity (Wildman–Crippen MR) is 50.7 cm³/mol. The molecular weight excluding hydrogens is 170 g/mol. The summed E-state index contributed by atoms with van der Waals surface area (Å²) in [4.78, 5) is 10.8. The lowest BCUT2D eigenvalue weighted by atomic mass is 10.0. The number of hydrogen-bond donors (Lipinski definition) is 2. The van der Waals surface area contributed by atoms with Crippen LogP contribution in [0.5, 0.6) is 0 Å². The Bertz CT molecular complexity index is 159. The summed E-state index contributed by atoms with van der Waals surface area (Å²) in [6, 6.07) is -0.361. The van der Waals surface area contributed by atoms with Crippen molar-refractivity contribution in [2.45, 2.75) is 32.9 Å². The molecule has 2 atom stereocenters. The van der Waals surface area contributed by atoms with E-state index in [-0.39, 0.29) is 12.0 Å². The first-order valence-electron chi connectivity index (χ1n) is 4.46. The van der Waals surface area contributed by atoms with Crippen molar-refractivity contribution < 1.29 is 14.6 Å². The van der Waals surface area contributed by atoms with Gasteiger partial charge in [0.05, 0.1) is 6.61 Å². The molecule has 0 heterocycles. The van der Waals surface area contributed by atoms with Gasteiger partial charge in [-0.2, -0.15) is 0 Å². The van der Waals surface area contributed by atoms with Crippen molar-refractivity contribution in [1.29, 1.82) is 0 Å². The molecule has 0 aliphatic heterocycles. The van der Waals surface area contributed by atoms with Crippen LogP contribution in [0.1, 0.15) is 20.8 Å². The summed E-state index contributed by atoms with van der Waals surface area (Å²) in [5.74, 6) is -0.844. The van der Waals surface area contributed by atoms with Crippen LogP contribution in [-0.4, -0.2) is 36.9 Å². The molecule has 0 aromatic carbocycles. The first kappa shape index (κ1) is 12.4. The minimum absolute atomic E-state index is 0.0232. The molecule has 0 aliphatic carbocycles. The number of ether oxygens (including phenoxy) is 1. The minimum atomic E-state index is -0.821. The number of carboxylic acids is 1. The van der Waals surface area contributed by atoms with E-state index in [1.165, 1.54) is 0 Å². The fraction of sp³-hybridized carbons (Fsp3) is 0.889. The normalized spacial score (nSPS) is 15.8. The molecule has 0 saturated carbocycles. The number of aliphatic carboxylic acids is 1. The molecule has 0 rings (SSSR count). The Hall–Kier alpha value is -0.610. The van der Waals surface area contributed by atoms with Crippen LogP contribution in [0, 0.1) is 5.92 Å². The summed E-state index contributed by atoms with van der Waals surface area (Å²) < 4.78 is 4.91. The van der Waals surface area contributed by atoms with Crippen LogP contribution in [0.15, 0.2) is 0 Å². The van der Waals surface area contributed by atoms with Crippen molar-refractivity contribution >= 4 is 5.97 Å². The van der Waals surface area contributed by atoms with E-state index in [1.807, 2.05) is 20.8 Å². The fourth-order valence-corrected chi connectivity index (χ4v) is 1.20. The van der Waals surface area contributed by atoms with Gasteiger partial charge in [-0.3, -0.25) is 4.79 Å². The highest BCUT2D eigenvalue weighted by molar-refractivity contribution is 5.73. The molecule has 2 unspecified atom stereocenters. The Morgan fingerprint density at radius 2 is 2.00 bits per heavy atom. The number of rotatable bonds is 6. The average Bonchev–Trinajstić information content (AvgIpc) is 1.99. The van der Waals surface area contributed by atoms with Gasteiger partial charge in [0.2, 0.25) is 0 Å². The fourth-order valence-electron chi connectivity index (χ4n) is 1.20. The van der Waals surface area contributed by atoms with E-state index in [2.05, 4.69) is 5.32 Å². The highest BCUT2D eigenvalue weighted by atomic mass is 16.5. The summed E-state index contributed by atoms with van der Waals surface area (Å²) >= 11 is 0.